The van der Waals surface area contributed by atoms with Crippen molar-refractivity contribution in [3.05, 3.63) is 0 Å². The molecule has 3 fully saturated rings. The van der Waals surface area contributed by atoms with E-state index in [1.165, 1.54) is 0 Å². The van der Waals surface area contributed by atoms with Crippen LogP contribution in [0.5, 0.6) is 0 Å². The van der Waals surface area contributed by atoms with Crippen LogP contribution >= 0.6 is 11.8 Å². The second-order valence-corrected chi connectivity index (χ2v) is 7.85. The fourth-order valence-corrected chi connectivity index (χ4v) is 4.95. The third kappa shape index (κ3) is 2.33. The minimum atomic E-state index is -0.276. The summed E-state index contributed by atoms with van der Waals surface area (Å²) >= 11 is 1.75. The summed E-state index contributed by atoms with van der Waals surface area (Å²) in [7, 11) is 0. The van der Waals surface area contributed by atoms with Crippen molar-refractivity contribution in [2.24, 2.45) is 5.92 Å². The average molecular weight is 297 g/mol. The van der Waals surface area contributed by atoms with E-state index in [9.17, 15) is 9.59 Å². The van der Waals surface area contributed by atoms with Crippen molar-refractivity contribution < 1.29 is 9.59 Å². The van der Waals surface area contributed by atoms with Gasteiger partial charge in [-0.15, -0.1) is 11.8 Å². The van der Waals surface area contributed by atoms with Crippen molar-refractivity contribution in [1.82, 2.24) is 15.5 Å². The molecule has 2 amide bonds. The molecule has 3 heterocycles. The summed E-state index contributed by atoms with van der Waals surface area (Å²) in [6.45, 7) is 6.15. The fourth-order valence-electron chi connectivity index (χ4n) is 3.52. The first-order chi connectivity index (χ1) is 9.51. The van der Waals surface area contributed by atoms with Gasteiger partial charge in [-0.1, -0.05) is 6.92 Å². The van der Waals surface area contributed by atoms with Gasteiger partial charge in [-0.05, 0) is 38.8 Å². The molecule has 0 aromatic rings. The van der Waals surface area contributed by atoms with Crippen molar-refractivity contribution in [2.45, 2.75) is 50.1 Å². The number of carbonyl (C=O) groups excluding carboxylic acids is 2. The molecule has 3 aliphatic rings. The first-order valence-corrected chi connectivity index (χ1v) is 8.47. The first-order valence-electron chi connectivity index (χ1n) is 7.48. The smallest absolute Gasteiger partial charge is 0.243 e. The van der Waals surface area contributed by atoms with E-state index in [4.69, 9.17) is 0 Å². The molecule has 3 rings (SSSR count). The van der Waals surface area contributed by atoms with Gasteiger partial charge in [0.2, 0.25) is 11.8 Å². The molecule has 3 saturated heterocycles. The minimum absolute atomic E-state index is 0.0372. The number of hydrogen-bond donors (Lipinski definition) is 2. The molecular formula is C14H23N3O2S. The molecule has 0 aromatic carbocycles. The highest BCUT2D eigenvalue weighted by molar-refractivity contribution is 8.01. The Kier molecular flexibility index (Phi) is 3.71. The van der Waals surface area contributed by atoms with E-state index in [1.54, 1.807) is 11.8 Å². The van der Waals surface area contributed by atoms with E-state index < -0.39 is 0 Å². The molecule has 0 saturated carbocycles. The summed E-state index contributed by atoms with van der Waals surface area (Å²) in [6, 6.07) is -0.0413. The van der Waals surface area contributed by atoms with E-state index >= 15 is 0 Å². The Hall–Kier alpha value is -0.750. The highest BCUT2D eigenvalue weighted by Crippen LogP contribution is 2.47. The third-order valence-electron chi connectivity index (χ3n) is 4.86. The molecular weight excluding hydrogens is 274 g/mol. The summed E-state index contributed by atoms with van der Waals surface area (Å²) in [5.41, 5.74) is 0. The molecule has 0 aromatic heterocycles. The molecule has 5 nitrogen and oxygen atoms in total. The summed E-state index contributed by atoms with van der Waals surface area (Å²) in [5, 5.41) is 6.51. The van der Waals surface area contributed by atoms with Crippen molar-refractivity contribution in [3.8, 4) is 0 Å². The largest absolute Gasteiger partial charge is 0.351 e. The van der Waals surface area contributed by atoms with Crippen LogP contribution in [0.4, 0.5) is 0 Å². The first kappa shape index (κ1) is 14.2. The highest BCUT2D eigenvalue weighted by atomic mass is 32.2. The monoisotopic (exact) mass is 297 g/mol. The Balaban J connectivity index is 1.67. The van der Waals surface area contributed by atoms with Crippen LogP contribution in [0, 0.1) is 5.92 Å². The van der Waals surface area contributed by atoms with Crippen LogP contribution in [0.15, 0.2) is 0 Å². The van der Waals surface area contributed by atoms with Gasteiger partial charge in [0.15, 0.2) is 0 Å². The van der Waals surface area contributed by atoms with Gasteiger partial charge < -0.3 is 15.5 Å². The number of rotatable bonds is 2. The average Bonchev–Trinajstić information content (AvgIpc) is 2.90. The van der Waals surface area contributed by atoms with Gasteiger partial charge >= 0.3 is 0 Å². The Labute approximate surface area is 124 Å². The molecule has 0 spiro atoms. The molecule has 4 atom stereocenters. The zero-order valence-corrected chi connectivity index (χ0v) is 13.0. The molecule has 0 aliphatic carbocycles. The lowest BCUT2D eigenvalue weighted by molar-refractivity contribution is -0.138. The van der Waals surface area contributed by atoms with Gasteiger partial charge in [0, 0.05) is 18.2 Å². The molecule has 6 heteroatoms. The van der Waals surface area contributed by atoms with E-state index in [1.807, 2.05) is 4.90 Å². The lowest BCUT2D eigenvalue weighted by atomic mass is 9.95. The van der Waals surface area contributed by atoms with Crippen LogP contribution in [0.1, 0.15) is 33.1 Å². The van der Waals surface area contributed by atoms with Crippen LogP contribution in [-0.4, -0.2) is 52.5 Å². The summed E-state index contributed by atoms with van der Waals surface area (Å²) in [4.78, 5) is 26.3. The lowest BCUT2D eigenvalue weighted by Gasteiger charge is -2.34. The van der Waals surface area contributed by atoms with Gasteiger partial charge in [0.1, 0.15) is 6.04 Å². The van der Waals surface area contributed by atoms with Gasteiger partial charge in [-0.3, -0.25) is 9.59 Å². The normalized spacial score (nSPS) is 40.8. The van der Waals surface area contributed by atoms with Crippen LogP contribution in [0.2, 0.25) is 0 Å². The number of piperidine rings is 1. The van der Waals surface area contributed by atoms with Crippen LogP contribution in [-0.2, 0) is 9.59 Å². The zero-order chi connectivity index (χ0) is 14.3. The number of carbonyl (C=O) groups is 2. The number of hydrogen-bond acceptors (Lipinski definition) is 4. The number of nitrogens with zero attached hydrogens (tertiary/aromatic N) is 1. The SMILES string of the molecule is CC1CNCCC1NC(=O)C1CSC2(C)CCC(=O)N12. The molecule has 2 N–H and O–H groups in total. The third-order valence-corrected chi connectivity index (χ3v) is 6.37. The highest BCUT2D eigenvalue weighted by Gasteiger charge is 2.53. The van der Waals surface area contributed by atoms with E-state index in [-0.39, 0.29) is 28.8 Å². The van der Waals surface area contributed by atoms with Gasteiger partial charge in [0.25, 0.3) is 0 Å². The maximum Gasteiger partial charge on any atom is 0.243 e. The Morgan fingerprint density at radius 3 is 3.10 bits per heavy atom. The van der Waals surface area contributed by atoms with Gasteiger partial charge in [-0.2, -0.15) is 0 Å². The number of fused-ring (bicyclic) bond motifs is 1. The maximum atomic E-state index is 12.6. The van der Waals surface area contributed by atoms with Crippen molar-refractivity contribution in [2.75, 3.05) is 18.8 Å². The van der Waals surface area contributed by atoms with Crippen LogP contribution < -0.4 is 10.6 Å². The minimum Gasteiger partial charge on any atom is -0.351 e. The lowest BCUT2D eigenvalue weighted by Crippen LogP contribution is -2.55. The second kappa shape index (κ2) is 5.22. The summed E-state index contributed by atoms with van der Waals surface area (Å²) in [5.74, 6) is 1.35. The van der Waals surface area contributed by atoms with Crippen LogP contribution in [0.3, 0.4) is 0 Å². The zero-order valence-electron chi connectivity index (χ0n) is 12.1. The van der Waals surface area contributed by atoms with E-state index in [0.717, 1.165) is 31.7 Å². The Morgan fingerprint density at radius 2 is 2.35 bits per heavy atom. The standard InChI is InChI=1S/C14H23N3O2S/c1-9-7-15-6-4-10(9)16-13(19)11-8-20-14(2)5-3-12(18)17(11)14/h9-11,15H,3-8H2,1-2H3,(H,16,19). The summed E-state index contributed by atoms with van der Waals surface area (Å²) < 4.78 is 0. The number of thioether (sulfide) groups is 1. The van der Waals surface area contributed by atoms with E-state index in [0.29, 0.717) is 12.3 Å². The second-order valence-electron chi connectivity index (χ2n) is 6.35. The maximum absolute atomic E-state index is 12.6. The molecule has 0 bridgehead atoms. The summed E-state index contributed by atoms with van der Waals surface area (Å²) in [6.07, 6.45) is 2.42. The molecule has 0 radical (unpaired) electrons. The number of nitrogens with one attached hydrogen (secondary N) is 2. The topological polar surface area (TPSA) is 61.4 Å². The Bertz CT molecular complexity index is 431. The molecule has 112 valence electrons. The van der Waals surface area contributed by atoms with Crippen LogP contribution in [0.25, 0.3) is 0 Å². The van der Waals surface area contributed by atoms with Crippen molar-refractivity contribution in [1.29, 1.82) is 0 Å². The van der Waals surface area contributed by atoms with Gasteiger partial charge in [-0.25, -0.2) is 0 Å². The van der Waals surface area contributed by atoms with Crippen molar-refractivity contribution in [3.63, 3.8) is 0 Å². The quantitative estimate of drug-likeness (QED) is 0.782. The van der Waals surface area contributed by atoms with Crippen molar-refractivity contribution >= 4 is 23.6 Å². The van der Waals surface area contributed by atoms with E-state index in [2.05, 4.69) is 24.5 Å². The molecule has 4 unspecified atom stereocenters. The molecule has 20 heavy (non-hydrogen) atoms. The van der Waals surface area contributed by atoms with Gasteiger partial charge in [0.05, 0.1) is 4.87 Å². The predicted octanol–water partition coefficient (Wildman–Crippen LogP) is 0.555. The molecule has 3 aliphatic heterocycles. The Morgan fingerprint density at radius 1 is 1.55 bits per heavy atom. The number of amides is 2. The predicted molar refractivity (Wildman–Crippen MR) is 79.3 cm³/mol. The fraction of sp³-hybridized carbons (Fsp3) is 0.857.